The van der Waals surface area contributed by atoms with Crippen molar-refractivity contribution in [2.75, 3.05) is 5.32 Å². The zero-order valence-electron chi connectivity index (χ0n) is 15.7. The van der Waals surface area contributed by atoms with Crippen LogP contribution in [0, 0.1) is 13.8 Å². The first kappa shape index (κ1) is 17.7. The molecule has 7 heteroatoms. The Labute approximate surface area is 162 Å². The Morgan fingerprint density at radius 3 is 2.75 bits per heavy atom. The molecule has 1 aromatic carbocycles. The maximum Gasteiger partial charge on any atom is 0.247 e. The van der Waals surface area contributed by atoms with Crippen molar-refractivity contribution in [2.45, 2.75) is 20.4 Å². The summed E-state index contributed by atoms with van der Waals surface area (Å²) in [5, 5.41) is 11.6. The van der Waals surface area contributed by atoms with Gasteiger partial charge in [-0.05, 0) is 31.5 Å². The van der Waals surface area contributed by atoms with Crippen molar-refractivity contribution < 1.29 is 4.79 Å². The topological polar surface area (TPSA) is 77.6 Å². The Morgan fingerprint density at radius 2 is 1.96 bits per heavy atom. The lowest BCUT2D eigenvalue weighted by Gasteiger charge is -2.08. The van der Waals surface area contributed by atoms with Crippen LogP contribution in [0.15, 0.2) is 67.1 Å². The number of anilines is 1. The van der Waals surface area contributed by atoms with Crippen LogP contribution in [0.3, 0.4) is 0 Å². The number of benzene rings is 1. The second-order valence-corrected chi connectivity index (χ2v) is 6.61. The Balaban J connectivity index is 1.49. The molecule has 28 heavy (non-hydrogen) atoms. The van der Waals surface area contributed by atoms with Gasteiger partial charge in [0.1, 0.15) is 12.4 Å². The average molecular weight is 372 g/mol. The van der Waals surface area contributed by atoms with Gasteiger partial charge in [0.15, 0.2) is 5.82 Å². The van der Waals surface area contributed by atoms with Gasteiger partial charge in [-0.25, -0.2) is 4.98 Å². The van der Waals surface area contributed by atoms with Crippen molar-refractivity contribution in [2.24, 2.45) is 0 Å². The highest BCUT2D eigenvalue weighted by Crippen LogP contribution is 2.20. The predicted octanol–water partition coefficient (Wildman–Crippen LogP) is 3.39. The fourth-order valence-electron chi connectivity index (χ4n) is 3.00. The van der Waals surface area contributed by atoms with Gasteiger partial charge in [0.25, 0.3) is 0 Å². The average Bonchev–Trinajstić information content (AvgIpc) is 3.29. The molecular weight excluding hydrogens is 352 g/mol. The number of carbonyl (C=O) groups excluding carboxylic acids is 1. The minimum atomic E-state index is -0.184. The number of hydrogen-bond acceptors (Lipinski definition) is 4. The summed E-state index contributed by atoms with van der Waals surface area (Å²) in [6.45, 7) is 4.03. The van der Waals surface area contributed by atoms with Crippen LogP contribution >= 0.6 is 0 Å². The number of nitrogens with zero attached hydrogens (tertiary/aromatic N) is 5. The SMILES string of the molecule is Cc1cccc(-c2cnn(CC(=O)Nc3cc(C)nn3-c3ccccn3)c2)c1. The van der Waals surface area contributed by atoms with E-state index in [0.717, 1.165) is 16.8 Å². The number of pyridine rings is 1. The highest BCUT2D eigenvalue weighted by molar-refractivity contribution is 5.90. The fourth-order valence-corrected chi connectivity index (χ4v) is 3.00. The standard InChI is InChI=1S/C21H20N6O/c1-15-6-5-7-17(10-15)18-12-23-26(13-18)14-21(28)24-20-11-16(2)25-27(20)19-8-3-4-9-22-19/h3-13H,14H2,1-2H3,(H,24,28). The summed E-state index contributed by atoms with van der Waals surface area (Å²) >= 11 is 0. The molecule has 7 nitrogen and oxygen atoms in total. The number of rotatable bonds is 5. The molecular formula is C21H20N6O. The maximum absolute atomic E-state index is 12.5. The van der Waals surface area contributed by atoms with E-state index in [1.807, 2.05) is 62.5 Å². The number of carbonyl (C=O) groups is 1. The molecule has 0 saturated carbocycles. The number of hydrogen-bond donors (Lipinski definition) is 1. The Kier molecular flexibility index (Phi) is 4.72. The largest absolute Gasteiger partial charge is 0.309 e. The lowest BCUT2D eigenvalue weighted by Crippen LogP contribution is -2.21. The van der Waals surface area contributed by atoms with Gasteiger partial charge in [0.05, 0.1) is 11.9 Å². The molecule has 1 N–H and O–H groups in total. The van der Waals surface area contributed by atoms with Crippen molar-refractivity contribution in [1.82, 2.24) is 24.5 Å². The van der Waals surface area contributed by atoms with Crippen LogP contribution in [0.4, 0.5) is 5.82 Å². The molecule has 140 valence electrons. The molecule has 0 aliphatic carbocycles. The van der Waals surface area contributed by atoms with Gasteiger partial charge >= 0.3 is 0 Å². The summed E-state index contributed by atoms with van der Waals surface area (Å²) in [4.78, 5) is 16.8. The minimum Gasteiger partial charge on any atom is -0.309 e. The fraction of sp³-hybridized carbons (Fsp3) is 0.143. The van der Waals surface area contributed by atoms with E-state index in [1.54, 1.807) is 21.8 Å². The number of amides is 1. The van der Waals surface area contributed by atoms with Crippen LogP contribution in [0.1, 0.15) is 11.3 Å². The summed E-state index contributed by atoms with van der Waals surface area (Å²) in [7, 11) is 0. The molecule has 0 radical (unpaired) electrons. The molecule has 1 amide bonds. The van der Waals surface area contributed by atoms with Gasteiger partial charge in [-0.2, -0.15) is 14.9 Å². The van der Waals surface area contributed by atoms with E-state index in [9.17, 15) is 4.79 Å². The molecule has 0 saturated heterocycles. The third kappa shape index (κ3) is 3.83. The summed E-state index contributed by atoms with van der Waals surface area (Å²) < 4.78 is 3.25. The van der Waals surface area contributed by atoms with Gasteiger partial charge < -0.3 is 5.32 Å². The quantitative estimate of drug-likeness (QED) is 0.582. The normalized spacial score (nSPS) is 10.8. The molecule has 0 spiro atoms. The molecule has 0 aliphatic heterocycles. The molecule has 0 atom stereocenters. The van der Waals surface area contributed by atoms with Crippen LogP contribution < -0.4 is 5.32 Å². The molecule has 0 fully saturated rings. The molecule has 0 bridgehead atoms. The van der Waals surface area contributed by atoms with Crippen LogP contribution in [0.5, 0.6) is 0 Å². The van der Waals surface area contributed by atoms with Gasteiger partial charge in [0.2, 0.25) is 5.91 Å². The van der Waals surface area contributed by atoms with E-state index < -0.39 is 0 Å². The molecule has 4 rings (SSSR count). The monoisotopic (exact) mass is 372 g/mol. The molecule has 3 aromatic heterocycles. The van der Waals surface area contributed by atoms with Gasteiger partial charge in [-0.3, -0.25) is 9.48 Å². The van der Waals surface area contributed by atoms with E-state index in [4.69, 9.17) is 0 Å². The first-order valence-electron chi connectivity index (χ1n) is 8.96. The first-order chi connectivity index (χ1) is 13.6. The first-order valence-corrected chi connectivity index (χ1v) is 8.96. The Bertz CT molecular complexity index is 1110. The highest BCUT2D eigenvalue weighted by atomic mass is 16.2. The molecule has 0 aliphatic rings. The van der Waals surface area contributed by atoms with Crippen molar-refractivity contribution in [1.29, 1.82) is 0 Å². The zero-order chi connectivity index (χ0) is 19.5. The van der Waals surface area contributed by atoms with E-state index in [2.05, 4.69) is 26.6 Å². The van der Waals surface area contributed by atoms with E-state index in [0.29, 0.717) is 11.6 Å². The van der Waals surface area contributed by atoms with E-state index in [-0.39, 0.29) is 12.5 Å². The van der Waals surface area contributed by atoms with E-state index >= 15 is 0 Å². The summed E-state index contributed by atoms with van der Waals surface area (Å²) in [5.74, 6) is 1.04. The third-order valence-corrected chi connectivity index (χ3v) is 4.26. The van der Waals surface area contributed by atoms with Gasteiger partial charge in [0, 0.05) is 24.0 Å². The van der Waals surface area contributed by atoms with Crippen LogP contribution in [-0.4, -0.2) is 30.5 Å². The zero-order valence-corrected chi connectivity index (χ0v) is 15.7. The molecule has 0 unspecified atom stereocenters. The Morgan fingerprint density at radius 1 is 1.07 bits per heavy atom. The smallest absolute Gasteiger partial charge is 0.247 e. The maximum atomic E-state index is 12.5. The van der Waals surface area contributed by atoms with Crippen LogP contribution in [-0.2, 0) is 11.3 Å². The lowest BCUT2D eigenvalue weighted by atomic mass is 10.1. The van der Waals surface area contributed by atoms with Gasteiger partial charge in [-0.15, -0.1) is 0 Å². The van der Waals surface area contributed by atoms with Gasteiger partial charge in [-0.1, -0.05) is 35.9 Å². The Hall–Kier alpha value is -3.74. The van der Waals surface area contributed by atoms with Crippen molar-refractivity contribution in [3.05, 3.63) is 78.4 Å². The van der Waals surface area contributed by atoms with Crippen molar-refractivity contribution >= 4 is 11.7 Å². The summed E-state index contributed by atoms with van der Waals surface area (Å²) in [6, 6.07) is 15.5. The second kappa shape index (κ2) is 7.48. The van der Waals surface area contributed by atoms with Crippen LogP contribution in [0.25, 0.3) is 16.9 Å². The number of nitrogens with one attached hydrogen (secondary N) is 1. The summed E-state index contributed by atoms with van der Waals surface area (Å²) in [6.07, 6.45) is 5.33. The number of aromatic nitrogens is 5. The molecule has 3 heterocycles. The third-order valence-electron chi connectivity index (χ3n) is 4.26. The summed E-state index contributed by atoms with van der Waals surface area (Å²) in [5.41, 5.74) is 4.03. The van der Waals surface area contributed by atoms with E-state index in [1.165, 1.54) is 5.56 Å². The van der Waals surface area contributed by atoms with Crippen molar-refractivity contribution in [3.8, 4) is 16.9 Å². The molecule has 4 aromatic rings. The van der Waals surface area contributed by atoms with Crippen molar-refractivity contribution in [3.63, 3.8) is 0 Å². The van der Waals surface area contributed by atoms with Crippen LogP contribution in [0.2, 0.25) is 0 Å². The highest BCUT2D eigenvalue weighted by Gasteiger charge is 2.13. The minimum absolute atomic E-state index is 0.109. The predicted molar refractivity (Wildman–Crippen MR) is 107 cm³/mol. The second-order valence-electron chi connectivity index (χ2n) is 6.61. The number of aryl methyl sites for hydroxylation is 2. The lowest BCUT2D eigenvalue weighted by molar-refractivity contribution is -0.116.